The summed E-state index contributed by atoms with van der Waals surface area (Å²) in [4.78, 5) is 0. The molecule has 0 heterocycles. The minimum Gasteiger partial charge on any atom is -0.519 e. The minimum atomic E-state index is -4.17. The van der Waals surface area contributed by atoms with E-state index in [0.717, 1.165) is 0 Å². The van der Waals surface area contributed by atoms with Crippen LogP contribution in [0.15, 0.2) is 12.1 Å². The van der Waals surface area contributed by atoms with Gasteiger partial charge in [0.25, 0.3) is 0 Å². The molecule has 0 saturated carbocycles. The van der Waals surface area contributed by atoms with Crippen molar-refractivity contribution in [1.82, 2.24) is 0 Å². The molecular formula is C32H2BF21O2. The topological polar surface area (TPSA) is 18.5 Å². The van der Waals surface area contributed by atoms with Crippen molar-refractivity contribution in [3.8, 4) is 22.6 Å². The van der Waals surface area contributed by atoms with Crippen LogP contribution in [0.1, 0.15) is 0 Å². The first-order valence-electron chi connectivity index (χ1n) is 14.0. The third kappa shape index (κ3) is 5.50. The van der Waals surface area contributed by atoms with Crippen LogP contribution in [0.4, 0.5) is 92.2 Å². The zero-order chi connectivity index (χ0) is 41.7. The van der Waals surface area contributed by atoms with E-state index in [-0.39, 0.29) is 12.1 Å². The van der Waals surface area contributed by atoms with Gasteiger partial charge in [-0.2, -0.15) is 8.78 Å². The van der Waals surface area contributed by atoms with E-state index in [4.69, 9.17) is 0 Å². The molecule has 0 unspecified atom stereocenters. The molecule has 6 rings (SSSR count). The molecule has 0 aliphatic rings. The number of fused-ring (bicyclic) bond motifs is 2. The predicted octanol–water partition coefficient (Wildman–Crippen LogP) is 10.4. The molecule has 0 fully saturated rings. The van der Waals surface area contributed by atoms with E-state index in [0.29, 0.717) is 0 Å². The summed E-state index contributed by atoms with van der Waals surface area (Å²) in [6.45, 7) is 0. The lowest BCUT2D eigenvalue weighted by molar-refractivity contribution is 0.360. The van der Waals surface area contributed by atoms with E-state index < -0.39 is 179 Å². The van der Waals surface area contributed by atoms with Crippen LogP contribution in [-0.4, -0.2) is 7.12 Å². The molecule has 0 aliphatic carbocycles. The fourth-order valence-electron chi connectivity index (χ4n) is 5.37. The van der Waals surface area contributed by atoms with Crippen LogP contribution in [0.25, 0.3) is 32.7 Å². The van der Waals surface area contributed by atoms with Gasteiger partial charge in [0.15, 0.2) is 105 Å². The lowest BCUT2D eigenvalue weighted by atomic mass is 9.74. The highest BCUT2D eigenvalue weighted by atomic mass is 19.2. The Kier molecular flexibility index (Phi) is 9.68. The van der Waals surface area contributed by atoms with E-state index in [1.807, 2.05) is 0 Å². The lowest BCUT2D eigenvalue weighted by Gasteiger charge is -2.24. The number of hydrogen-bond donors (Lipinski definition) is 0. The molecule has 0 aromatic heterocycles. The van der Waals surface area contributed by atoms with Crippen LogP contribution in [-0.2, 0) is 0 Å². The third-order valence-corrected chi connectivity index (χ3v) is 7.89. The minimum absolute atomic E-state index is 0.0242. The quantitative estimate of drug-likeness (QED) is 0.0721. The Morgan fingerprint density at radius 1 is 0.286 bits per heavy atom. The van der Waals surface area contributed by atoms with E-state index in [9.17, 15) is 70.2 Å². The largest absolute Gasteiger partial charge is 0.636 e. The first kappa shape index (κ1) is 39.7. The summed E-state index contributed by atoms with van der Waals surface area (Å²) in [6, 6.07) is 0.0441. The van der Waals surface area contributed by atoms with Crippen LogP contribution >= 0.6 is 0 Å². The normalized spacial score (nSPS) is 11.7. The molecule has 2 nitrogen and oxygen atoms in total. The van der Waals surface area contributed by atoms with E-state index in [1.54, 1.807) is 0 Å². The molecule has 0 bridgehead atoms. The van der Waals surface area contributed by atoms with E-state index >= 15 is 22.0 Å². The highest BCUT2D eigenvalue weighted by molar-refractivity contribution is 6.66. The summed E-state index contributed by atoms with van der Waals surface area (Å²) >= 11 is 0. The van der Waals surface area contributed by atoms with Gasteiger partial charge in [0, 0.05) is 10.8 Å². The Labute approximate surface area is 293 Å². The number of hydrogen-bond acceptors (Lipinski definition) is 2. The third-order valence-electron chi connectivity index (χ3n) is 7.89. The van der Waals surface area contributed by atoms with Gasteiger partial charge in [-0.3, -0.25) is 0 Å². The molecule has 56 heavy (non-hydrogen) atoms. The molecule has 0 amide bonds. The van der Waals surface area contributed by atoms with Gasteiger partial charge in [-0.05, 0) is 12.1 Å². The van der Waals surface area contributed by atoms with Crippen LogP contribution in [0.3, 0.4) is 0 Å². The van der Waals surface area contributed by atoms with E-state index in [2.05, 4.69) is 9.31 Å². The fraction of sp³-hybridized carbons (Fsp3) is 0. The van der Waals surface area contributed by atoms with Gasteiger partial charge < -0.3 is 9.31 Å². The molecule has 0 radical (unpaired) electrons. The van der Waals surface area contributed by atoms with Crippen molar-refractivity contribution in [2.75, 3.05) is 0 Å². The summed E-state index contributed by atoms with van der Waals surface area (Å²) in [5.74, 6) is -67.7. The Bertz CT molecular complexity index is 2700. The molecule has 0 spiro atoms. The number of benzene rings is 6. The molecule has 0 aliphatic heterocycles. The van der Waals surface area contributed by atoms with Crippen LogP contribution < -0.4 is 14.8 Å². The Hall–Kier alpha value is -5.97. The Morgan fingerprint density at radius 3 is 1.18 bits per heavy atom. The zero-order valence-corrected chi connectivity index (χ0v) is 25.5. The maximum atomic E-state index is 15.7. The molecule has 0 atom stereocenters. The fourth-order valence-corrected chi connectivity index (χ4v) is 5.37. The van der Waals surface area contributed by atoms with E-state index in [1.165, 1.54) is 0 Å². The SMILES string of the molecule is Fc1ccc2c(OB(Oc3c(F)c(F)c(F)c(F)c3-c3c(F)c(F)c(F)c(F)c3F)c3c(F)c(F)c(F)c4c(F)c(F)c(F)c(F)c34)c(F)c(F)c(F)c2c1F. The first-order chi connectivity index (χ1) is 26.1. The van der Waals surface area contributed by atoms with Crippen LogP contribution in [0.2, 0.25) is 0 Å². The summed E-state index contributed by atoms with van der Waals surface area (Å²) in [5.41, 5.74) is -8.25. The molecule has 0 N–H and O–H groups in total. The zero-order valence-electron chi connectivity index (χ0n) is 25.5. The monoisotopic (exact) mass is 828 g/mol. The average molecular weight is 828 g/mol. The van der Waals surface area contributed by atoms with Gasteiger partial charge in [-0.15, -0.1) is 0 Å². The van der Waals surface area contributed by atoms with Gasteiger partial charge in [0.1, 0.15) is 5.75 Å². The van der Waals surface area contributed by atoms with Gasteiger partial charge in [-0.1, -0.05) is 0 Å². The van der Waals surface area contributed by atoms with Crippen molar-refractivity contribution >= 4 is 34.1 Å². The van der Waals surface area contributed by atoms with Crippen molar-refractivity contribution in [3.05, 3.63) is 134 Å². The Balaban J connectivity index is 1.81. The summed E-state index contributed by atoms with van der Waals surface area (Å²) in [6.07, 6.45) is 0. The molecule has 6 aromatic carbocycles. The molecule has 24 heteroatoms. The second-order valence-corrected chi connectivity index (χ2v) is 10.9. The average Bonchev–Trinajstić information content (AvgIpc) is 3.17. The predicted molar refractivity (Wildman–Crippen MR) is 146 cm³/mol. The molecular weight excluding hydrogens is 826 g/mol. The van der Waals surface area contributed by atoms with Crippen LogP contribution in [0.5, 0.6) is 11.5 Å². The van der Waals surface area contributed by atoms with Gasteiger partial charge in [-0.25, -0.2) is 83.4 Å². The highest BCUT2D eigenvalue weighted by Crippen LogP contribution is 2.44. The van der Waals surface area contributed by atoms with Crippen LogP contribution in [0, 0.1) is 122 Å². The molecule has 6 aromatic rings. The number of rotatable bonds is 6. The molecule has 292 valence electrons. The van der Waals surface area contributed by atoms with Crippen molar-refractivity contribution in [3.63, 3.8) is 0 Å². The summed E-state index contributed by atoms with van der Waals surface area (Å²) in [5, 5.41) is -8.64. The van der Waals surface area contributed by atoms with Crippen molar-refractivity contribution in [2.24, 2.45) is 0 Å². The molecule has 0 saturated heterocycles. The maximum absolute atomic E-state index is 15.7. The maximum Gasteiger partial charge on any atom is 0.636 e. The van der Waals surface area contributed by atoms with Crippen molar-refractivity contribution in [2.45, 2.75) is 0 Å². The Morgan fingerprint density at radius 2 is 0.643 bits per heavy atom. The number of halogens is 21. The smallest absolute Gasteiger partial charge is 0.519 e. The van der Waals surface area contributed by atoms with Crippen molar-refractivity contribution in [1.29, 1.82) is 0 Å². The van der Waals surface area contributed by atoms with Gasteiger partial charge >= 0.3 is 7.12 Å². The lowest BCUT2D eigenvalue weighted by Crippen LogP contribution is -2.47. The highest BCUT2D eigenvalue weighted by Gasteiger charge is 2.44. The van der Waals surface area contributed by atoms with Crippen molar-refractivity contribution < 1.29 is 102 Å². The van der Waals surface area contributed by atoms with Gasteiger partial charge in [0.2, 0.25) is 23.3 Å². The standard InChI is InChI=1S/C32H2BF21O2/c34-4-2-1-3-5(11(4)35)12(36)26(50)29(53)31(3)55-33(10-6-7(14(38)20(44)19(10)43)15(39)22(46)21(45)13(6)37)56-32-9(18(42)25(49)28(52)30(32)54)8-16(40)23(47)27(51)24(48)17(8)41/h1-2H. The summed E-state index contributed by atoms with van der Waals surface area (Å²) < 4.78 is 319. The first-order valence-corrected chi connectivity index (χ1v) is 14.0. The van der Waals surface area contributed by atoms with Gasteiger partial charge in [0.05, 0.1) is 27.4 Å². The second-order valence-electron chi connectivity index (χ2n) is 10.9. The summed E-state index contributed by atoms with van der Waals surface area (Å²) in [7, 11) is -4.17. The second kappa shape index (κ2) is 13.7.